The van der Waals surface area contributed by atoms with E-state index in [2.05, 4.69) is 10.3 Å². The van der Waals surface area contributed by atoms with Crippen molar-refractivity contribution in [2.45, 2.75) is 31.7 Å². The van der Waals surface area contributed by atoms with Crippen LogP contribution in [0.4, 0.5) is 0 Å². The van der Waals surface area contributed by atoms with E-state index in [0.717, 1.165) is 11.3 Å². The minimum atomic E-state index is -1.20. The lowest BCUT2D eigenvalue weighted by atomic mass is 9.72. The third-order valence-corrected chi connectivity index (χ3v) is 5.35. The van der Waals surface area contributed by atoms with Crippen LogP contribution in [0.25, 0.3) is 11.3 Å². The molecule has 3 rings (SSSR count). The number of esters is 2. The maximum Gasteiger partial charge on any atom is 0.323 e. The summed E-state index contributed by atoms with van der Waals surface area (Å²) in [4.78, 5) is 24.3. The van der Waals surface area contributed by atoms with Crippen molar-refractivity contribution in [3.8, 4) is 11.3 Å². The molecule has 0 aromatic carbocycles. The number of thiophene rings is 1. The molecule has 2 aromatic rings. The summed E-state index contributed by atoms with van der Waals surface area (Å²) in [6.45, 7) is 0. The van der Waals surface area contributed by atoms with E-state index in [1.165, 1.54) is 14.2 Å². The zero-order valence-electron chi connectivity index (χ0n) is 13.6. The molecule has 24 heavy (non-hydrogen) atoms. The lowest BCUT2D eigenvalue weighted by molar-refractivity contribution is -0.172. The third kappa shape index (κ3) is 2.82. The van der Waals surface area contributed by atoms with Crippen LogP contribution < -0.4 is 0 Å². The molecule has 0 radical (unpaired) electrons. The van der Waals surface area contributed by atoms with Crippen LogP contribution in [-0.2, 0) is 19.1 Å². The Morgan fingerprint density at radius 1 is 1.25 bits per heavy atom. The highest BCUT2D eigenvalue weighted by Crippen LogP contribution is 2.42. The second-order valence-electron chi connectivity index (χ2n) is 5.89. The summed E-state index contributed by atoms with van der Waals surface area (Å²) in [5.74, 6) is -1.05. The van der Waals surface area contributed by atoms with Gasteiger partial charge in [-0.05, 0) is 37.1 Å². The number of hydrogen-bond acceptors (Lipinski definition) is 7. The quantitative estimate of drug-likeness (QED) is 0.623. The molecule has 2 heterocycles. The van der Waals surface area contributed by atoms with Gasteiger partial charge in [0.2, 0.25) is 0 Å². The number of rotatable bonds is 4. The maximum absolute atomic E-state index is 12.1. The van der Waals surface area contributed by atoms with Crippen molar-refractivity contribution in [2.24, 2.45) is 5.41 Å². The lowest BCUT2D eigenvalue weighted by Crippen LogP contribution is -2.44. The van der Waals surface area contributed by atoms with Gasteiger partial charge in [-0.2, -0.15) is 11.3 Å². The van der Waals surface area contributed by atoms with Crippen LogP contribution in [0.1, 0.15) is 31.7 Å². The van der Waals surface area contributed by atoms with E-state index in [4.69, 9.17) is 9.47 Å². The van der Waals surface area contributed by atoms with Crippen LogP contribution in [0.5, 0.6) is 0 Å². The SMILES string of the molecule is COC(=O)C1(C(=O)OC)CCC(n2cc(-c3ccsc3)nn2)CC1. The second kappa shape index (κ2) is 6.72. The number of carbonyl (C=O) groups excluding carboxylic acids is 2. The van der Waals surface area contributed by atoms with E-state index in [1.807, 2.05) is 27.7 Å². The van der Waals surface area contributed by atoms with Gasteiger partial charge in [0.25, 0.3) is 0 Å². The Morgan fingerprint density at radius 3 is 2.46 bits per heavy atom. The van der Waals surface area contributed by atoms with Crippen molar-refractivity contribution < 1.29 is 19.1 Å². The van der Waals surface area contributed by atoms with Crippen LogP contribution in [0.3, 0.4) is 0 Å². The van der Waals surface area contributed by atoms with Crippen LogP contribution in [0.2, 0.25) is 0 Å². The Kier molecular flexibility index (Phi) is 4.66. The third-order valence-electron chi connectivity index (χ3n) is 4.66. The molecule has 0 amide bonds. The molecule has 7 nitrogen and oxygen atoms in total. The van der Waals surface area contributed by atoms with E-state index < -0.39 is 17.4 Å². The molecule has 0 N–H and O–H groups in total. The molecule has 0 aliphatic heterocycles. The largest absolute Gasteiger partial charge is 0.468 e. The molecule has 2 aromatic heterocycles. The highest BCUT2D eigenvalue weighted by Gasteiger charge is 2.50. The second-order valence-corrected chi connectivity index (χ2v) is 6.67. The summed E-state index contributed by atoms with van der Waals surface area (Å²) >= 11 is 1.61. The van der Waals surface area contributed by atoms with Gasteiger partial charge in [-0.3, -0.25) is 9.59 Å². The van der Waals surface area contributed by atoms with Gasteiger partial charge in [-0.15, -0.1) is 5.10 Å². The molecule has 8 heteroatoms. The fourth-order valence-corrected chi connectivity index (χ4v) is 3.89. The number of carbonyl (C=O) groups is 2. The Hall–Kier alpha value is -2.22. The molecular formula is C16H19N3O4S. The molecule has 1 fully saturated rings. The molecule has 0 atom stereocenters. The summed E-state index contributed by atoms with van der Waals surface area (Å²) < 4.78 is 11.5. The number of nitrogens with zero attached hydrogens (tertiary/aromatic N) is 3. The molecule has 0 unspecified atom stereocenters. The first-order valence-electron chi connectivity index (χ1n) is 7.72. The van der Waals surface area contributed by atoms with Crippen molar-refractivity contribution in [3.63, 3.8) is 0 Å². The minimum absolute atomic E-state index is 0.104. The fraction of sp³-hybridized carbons (Fsp3) is 0.500. The van der Waals surface area contributed by atoms with Gasteiger partial charge >= 0.3 is 11.9 Å². The first-order valence-corrected chi connectivity index (χ1v) is 8.66. The van der Waals surface area contributed by atoms with E-state index in [1.54, 1.807) is 11.3 Å². The zero-order chi connectivity index (χ0) is 17.2. The zero-order valence-corrected chi connectivity index (χ0v) is 14.4. The number of methoxy groups -OCH3 is 2. The van der Waals surface area contributed by atoms with Crippen LogP contribution in [0.15, 0.2) is 23.0 Å². The molecular weight excluding hydrogens is 330 g/mol. The summed E-state index contributed by atoms with van der Waals surface area (Å²) in [7, 11) is 2.59. The van der Waals surface area contributed by atoms with Gasteiger partial charge in [0.1, 0.15) is 5.69 Å². The van der Waals surface area contributed by atoms with Crippen LogP contribution in [0, 0.1) is 5.41 Å². The summed E-state index contributed by atoms with van der Waals surface area (Å²) in [5, 5.41) is 12.4. The number of aromatic nitrogens is 3. The smallest absolute Gasteiger partial charge is 0.323 e. The van der Waals surface area contributed by atoms with Crippen molar-refractivity contribution in [2.75, 3.05) is 14.2 Å². The van der Waals surface area contributed by atoms with E-state index in [9.17, 15) is 9.59 Å². The predicted molar refractivity (Wildman–Crippen MR) is 87.3 cm³/mol. The monoisotopic (exact) mass is 349 g/mol. The fourth-order valence-electron chi connectivity index (χ4n) is 3.24. The lowest BCUT2D eigenvalue weighted by Gasteiger charge is -2.35. The average Bonchev–Trinajstić information content (AvgIpc) is 3.31. The standard InChI is InChI=1S/C16H19N3O4S/c1-22-14(20)16(15(21)23-2)6-3-12(4-7-16)19-9-13(17-18-19)11-5-8-24-10-11/h5,8-10,12H,3-4,6-7H2,1-2H3. The highest BCUT2D eigenvalue weighted by atomic mass is 32.1. The molecule has 128 valence electrons. The van der Waals surface area contributed by atoms with Gasteiger partial charge in [0.15, 0.2) is 5.41 Å². The van der Waals surface area contributed by atoms with Crippen molar-refractivity contribution >= 4 is 23.3 Å². The molecule has 1 aliphatic carbocycles. The van der Waals surface area contributed by atoms with E-state index >= 15 is 0 Å². The Labute approximate surface area is 143 Å². The van der Waals surface area contributed by atoms with E-state index in [0.29, 0.717) is 25.7 Å². The summed E-state index contributed by atoms with van der Waals surface area (Å²) in [5.41, 5.74) is 0.672. The molecule has 1 saturated carbocycles. The highest BCUT2D eigenvalue weighted by molar-refractivity contribution is 7.08. The number of hydrogen-bond donors (Lipinski definition) is 0. The Bertz CT molecular complexity index is 700. The van der Waals surface area contributed by atoms with E-state index in [-0.39, 0.29) is 6.04 Å². The first kappa shape index (κ1) is 16.6. The summed E-state index contributed by atoms with van der Waals surface area (Å²) in [6.07, 6.45) is 3.94. The molecule has 1 aliphatic rings. The topological polar surface area (TPSA) is 83.3 Å². The van der Waals surface area contributed by atoms with Crippen LogP contribution in [-0.4, -0.2) is 41.2 Å². The molecule has 0 bridgehead atoms. The summed E-state index contributed by atoms with van der Waals surface area (Å²) in [6, 6.07) is 2.10. The van der Waals surface area contributed by atoms with Gasteiger partial charge in [0.05, 0.1) is 26.5 Å². The van der Waals surface area contributed by atoms with Gasteiger partial charge < -0.3 is 9.47 Å². The van der Waals surface area contributed by atoms with Crippen molar-refractivity contribution in [1.82, 2.24) is 15.0 Å². The normalized spacial score (nSPS) is 17.4. The maximum atomic E-state index is 12.1. The van der Waals surface area contributed by atoms with Gasteiger partial charge in [-0.1, -0.05) is 5.21 Å². The predicted octanol–water partition coefficient (Wildman–Crippen LogP) is 2.45. The average molecular weight is 349 g/mol. The molecule has 0 saturated heterocycles. The van der Waals surface area contributed by atoms with Crippen molar-refractivity contribution in [1.29, 1.82) is 0 Å². The Morgan fingerprint density at radius 2 is 1.92 bits per heavy atom. The van der Waals surface area contributed by atoms with Gasteiger partial charge in [-0.25, -0.2) is 4.68 Å². The minimum Gasteiger partial charge on any atom is -0.468 e. The number of ether oxygens (including phenoxy) is 2. The molecule has 0 spiro atoms. The Balaban J connectivity index is 1.74. The van der Waals surface area contributed by atoms with Gasteiger partial charge in [0, 0.05) is 10.9 Å². The van der Waals surface area contributed by atoms with Crippen LogP contribution >= 0.6 is 11.3 Å². The first-order chi connectivity index (χ1) is 11.6. The van der Waals surface area contributed by atoms with Crippen molar-refractivity contribution in [3.05, 3.63) is 23.0 Å².